The highest BCUT2D eigenvalue weighted by Crippen LogP contribution is 2.22. The molecule has 2 amide bonds. The molecule has 0 unspecified atom stereocenters. The summed E-state index contributed by atoms with van der Waals surface area (Å²) in [6.07, 6.45) is 1.82. The number of hydrogen-bond acceptors (Lipinski definition) is 8. The van der Waals surface area contributed by atoms with Crippen LogP contribution in [0.25, 0.3) is 11.3 Å². The van der Waals surface area contributed by atoms with Gasteiger partial charge in [-0.3, -0.25) is 14.4 Å². The van der Waals surface area contributed by atoms with Crippen molar-refractivity contribution < 1.29 is 14.3 Å². The molecule has 39 heavy (non-hydrogen) atoms. The monoisotopic (exact) mass is 643 g/mol. The molecule has 4 heterocycles. The molecule has 0 bridgehead atoms. The minimum absolute atomic E-state index is 0.0925. The summed E-state index contributed by atoms with van der Waals surface area (Å²) in [5, 5.41) is 7.50. The van der Waals surface area contributed by atoms with Crippen LogP contribution < -0.4 is 10.9 Å². The van der Waals surface area contributed by atoms with Crippen LogP contribution in [0.2, 0.25) is 0 Å². The lowest BCUT2D eigenvalue weighted by Gasteiger charge is -2.31. The van der Waals surface area contributed by atoms with Crippen LogP contribution in [-0.2, 0) is 23.0 Å². The average Bonchev–Trinajstić information content (AvgIpc) is 2.96. The van der Waals surface area contributed by atoms with E-state index in [9.17, 15) is 14.4 Å². The molecule has 2 aliphatic heterocycles. The maximum Gasteiger partial charge on any atom is 0.290 e. The molecule has 204 valence electrons. The van der Waals surface area contributed by atoms with Crippen molar-refractivity contribution in [3.05, 3.63) is 70.1 Å². The van der Waals surface area contributed by atoms with Crippen LogP contribution in [0.15, 0.2) is 53.5 Å². The Hall–Kier alpha value is -3.36. The van der Waals surface area contributed by atoms with E-state index in [1.165, 1.54) is 10.9 Å². The highest BCUT2D eigenvalue weighted by Gasteiger charge is 2.21. The quantitative estimate of drug-likeness (QED) is 0.321. The second kappa shape index (κ2) is 12.2. The van der Waals surface area contributed by atoms with E-state index in [0.717, 1.165) is 37.3 Å². The molecule has 0 radical (unpaired) electrons. The highest BCUT2D eigenvalue weighted by molar-refractivity contribution is 14.1. The van der Waals surface area contributed by atoms with E-state index < -0.39 is 0 Å². The number of morpholine rings is 1. The molecule has 5 rings (SSSR count). The number of aryl methyl sites for hydroxylation is 1. The van der Waals surface area contributed by atoms with Crippen LogP contribution in [-0.4, -0.2) is 92.0 Å². The van der Waals surface area contributed by atoms with E-state index in [2.05, 4.69) is 41.4 Å². The standard InChI is InChI=1S/C27H30IN7O4/c1-32-27(38)23(30-24-6-5-21(18-29-24)26(37)34-11-13-39-14-12-34)17-22(31-32)20-4-2-3-19(15-20)16-25(36)33-7-9-35(28)10-8-33/h2-6,15,17-18H,7-14,16H2,1H3,(H,29,30). The minimum atomic E-state index is -0.310. The molecule has 1 aromatic carbocycles. The molecular weight excluding hydrogens is 613 g/mol. The summed E-state index contributed by atoms with van der Waals surface area (Å²) < 4.78 is 8.77. The van der Waals surface area contributed by atoms with Crippen molar-refractivity contribution in [1.29, 1.82) is 0 Å². The third-order valence-electron chi connectivity index (χ3n) is 6.79. The van der Waals surface area contributed by atoms with Crippen LogP contribution >= 0.6 is 22.9 Å². The van der Waals surface area contributed by atoms with Crippen molar-refractivity contribution in [2.45, 2.75) is 6.42 Å². The van der Waals surface area contributed by atoms with Crippen molar-refractivity contribution in [3.63, 3.8) is 0 Å². The lowest BCUT2D eigenvalue weighted by molar-refractivity contribution is -0.131. The molecule has 0 saturated carbocycles. The Labute approximate surface area is 240 Å². The number of benzene rings is 1. The summed E-state index contributed by atoms with van der Waals surface area (Å²) in [6, 6.07) is 12.7. The summed E-state index contributed by atoms with van der Waals surface area (Å²) in [7, 11) is 1.59. The predicted molar refractivity (Wildman–Crippen MR) is 155 cm³/mol. The van der Waals surface area contributed by atoms with E-state index in [-0.39, 0.29) is 17.4 Å². The maximum absolute atomic E-state index is 12.8. The molecule has 2 aliphatic rings. The Bertz CT molecular complexity index is 1400. The van der Waals surface area contributed by atoms with Gasteiger partial charge in [-0.1, -0.05) is 18.2 Å². The Morgan fingerprint density at radius 1 is 1.00 bits per heavy atom. The molecular formula is C27H30IN7O4. The van der Waals surface area contributed by atoms with Gasteiger partial charge in [0.2, 0.25) is 5.91 Å². The first kappa shape index (κ1) is 27.2. The number of pyridine rings is 1. The van der Waals surface area contributed by atoms with Crippen LogP contribution in [0, 0.1) is 0 Å². The van der Waals surface area contributed by atoms with Crippen LogP contribution in [0.1, 0.15) is 15.9 Å². The molecule has 1 N–H and O–H groups in total. The third kappa shape index (κ3) is 6.62. The molecule has 2 fully saturated rings. The van der Waals surface area contributed by atoms with E-state index >= 15 is 0 Å². The van der Waals surface area contributed by atoms with Gasteiger partial charge in [0.1, 0.15) is 11.5 Å². The number of nitrogens with one attached hydrogen (secondary N) is 1. The second-order valence-corrected chi connectivity index (χ2v) is 10.9. The fourth-order valence-electron chi connectivity index (χ4n) is 4.58. The largest absolute Gasteiger partial charge is 0.378 e. The molecule has 2 aromatic heterocycles. The number of anilines is 2. The van der Waals surface area contributed by atoms with Gasteiger partial charge in [0.15, 0.2) is 0 Å². The zero-order valence-electron chi connectivity index (χ0n) is 21.7. The molecule has 12 heteroatoms. The van der Waals surface area contributed by atoms with Gasteiger partial charge >= 0.3 is 0 Å². The van der Waals surface area contributed by atoms with Gasteiger partial charge < -0.3 is 19.9 Å². The zero-order valence-corrected chi connectivity index (χ0v) is 23.8. The van der Waals surface area contributed by atoms with Crippen LogP contribution in [0.4, 0.5) is 11.5 Å². The fraction of sp³-hybridized carbons (Fsp3) is 0.370. The number of rotatable bonds is 6. The molecule has 0 aliphatic carbocycles. The summed E-state index contributed by atoms with van der Waals surface area (Å²) in [4.78, 5) is 46.4. The molecule has 2 saturated heterocycles. The number of carbonyl (C=O) groups excluding carboxylic acids is 2. The number of aromatic nitrogens is 3. The van der Waals surface area contributed by atoms with Crippen molar-refractivity contribution in [3.8, 4) is 11.3 Å². The van der Waals surface area contributed by atoms with Gasteiger partial charge in [-0.2, -0.15) is 5.10 Å². The summed E-state index contributed by atoms with van der Waals surface area (Å²) in [6.45, 7) is 5.37. The number of carbonyl (C=O) groups is 2. The smallest absolute Gasteiger partial charge is 0.290 e. The number of nitrogens with zero attached hydrogens (tertiary/aromatic N) is 6. The first-order valence-electron chi connectivity index (χ1n) is 12.8. The molecule has 3 aromatic rings. The Morgan fingerprint density at radius 2 is 1.77 bits per heavy atom. The summed E-state index contributed by atoms with van der Waals surface area (Å²) in [5.41, 5.74) is 2.76. The number of halogens is 1. The van der Waals surface area contributed by atoms with Crippen LogP contribution in [0.5, 0.6) is 0 Å². The average molecular weight is 643 g/mol. The van der Waals surface area contributed by atoms with E-state index in [1.54, 1.807) is 30.1 Å². The fourth-order valence-corrected chi connectivity index (χ4v) is 5.01. The Balaban J connectivity index is 1.30. The topological polar surface area (TPSA) is 113 Å². The number of hydrogen-bond donors (Lipinski definition) is 1. The van der Waals surface area contributed by atoms with E-state index in [0.29, 0.717) is 55.5 Å². The normalized spacial score (nSPS) is 16.3. The van der Waals surface area contributed by atoms with Gasteiger partial charge in [0, 0.05) is 80.9 Å². The van der Waals surface area contributed by atoms with Crippen molar-refractivity contribution in [1.82, 2.24) is 27.7 Å². The van der Waals surface area contributed by atoms with Crippen LogP contribution in [0.3, 0.4) is 0 Å². The first-order valence-corrected chi connectivity index (χ1v) is 13.8. The third-order valence-corrected chi connectivity index (χ3v) is 7.76. The molecule has 0 atom stereocenters. The number of ether oxygens (including phenoxy) is 1. The van der Waals surface area contributed by atoms with Gasteiger partial charge in [-0.25, -0.2) is 12.8 Å². The van der Waals surface area contributed by atoms with Gasteiger partial charge in [0.05, 0.1) is 30.9 Å². The second-order valence-electron chi connectivity index (χ2n) is 9.50. The van der Waals surface area contributed by atoms with Crippen molar-refractivity contribution in [2.75, 3.05) is 57.8 Å². The van der Waals surface area contributed by atoms with E-state index in [4.69, 9.17) is 4.74 Å². The SMILES string of the molecule is Cn1nc(-c2cccc(CC(=O)N3CCN(I)CC3)c2)cc(Nc2ccc(C(=O)N3CCOCC3)cn2)c1=O. The van der Waals surface area contributed by atoms with Gasteiger partial charge in [-0.15, -0.1) is 0 Å². The van der Waals surface area contributed by atoms with Gasteiger partial charge in [-0.05, 0) is 29.8 Å². The number of amides is 2. The minimum Gasteiger partial charge on any atom is -0.378 e. The lowest BCUT2D eigenvalue weighted by Crippen LogP contribution is -2.45. The summed E-state index contributed by atoms with van der Waals surface area (Å²) in [5.74, 6) is 0.452. The van der Waals surface area contributed by atoms with Crippen molar-refractivity contribution in [2.24, 2.45) is 7.05 Å². The maximum atomic E-state index is 12.8. The first-order chi connectivity index (χ1) is 18.9. The Kier molecular flexibility index (Phi) is 8.53. The van der Waals surface area contributed by atoms with Crippen molar-refractivity contribution >= 4 is 46.2 Å². The zero-order chi connectivity index (χ0) is 27.4. The van der Waals surface area contributed by atoms with Gasteiger partial charge in [0.25, 0.3) is 11.5 Å². The predicted octanol–water partition coefficient (Wildman–Crippen LogP) is 2.09. The lowest BCUT2D eigenvalue weighted by atomic mass is 10.0. The Morgan fingerprint density at radius 3 is 2.49 bits per heavy atom. The molecule has 0 spiro atoms. The highest BCUT2D eigenvalue weighted by atomic mass is 127. The van der Waals surface area contributed by atoms with E-state index in [1.807, 2.05) is 29.2 Å². The number of piperazine rings is 1. The molecule has 11 nitrogen and oxygen atoms in total. The summed E-state index contributed by atoms with van der Waals surface area (Å²) >= 11 is 2.29.